The summed E-state index contributed by atoms with van der Waals surface area (Å²) in [5.41, 5.74) is 1.61. The average Bonchev–Trinajstić information content (AvgIpc) is 2.34. The predicted molar refractivity (Wildman–Crippen MR) is 78.4 cm³/mol. The Morgan fingerprint density at radius 1 is 1.39 bits per heavy atom. The van der Waals surface area contributed by atoms with E-state index < -0.39 is 0 Å². The number of unbranched alkanes of at least 4 members (excludes halogenated alkanes) is 1. The molecule has 1 aromatic rings. The van der Waals surface area contributed by atoms with Gasteiger partial charge in [0.25, 0.3) is 0 Å². The minimum atomic E-state index is 0.0470. The highest BCUT2D eigenvalue weighted by Crippen LogP contribution is 2.25. The summed E-state index contributed by atoms with van der Waals surface area (Å²) in [7, 11) is 0. The zero-order valence-corrected chi connectivity index (χ0v) is 12.5. The summed E-state index contributed by atoms with van der Waals surface area (Å²) in [5, 5.41) is 9.15. The van der Waals surface area contributed by atoms with Crippen molar-refractivity contribution in [2.75, 3.05) is 24.6 Å². The minimum Gasteiger partial charge on any atom is -0.395 e. The number of hydrogen-bond acceptors (Lipinski definition) is 3. The van der Waals surface area contributed by atoms with Gasteiger partial charge < -0.3 is 10.0 Å². The maximum absolute atomic E-state index is 11.7. The fraction of sp³-hybridized carbons (Fsp3) is 0.500. The van der Waals surface area contributed by atoms with Gasteiger partial charge in [-0.3, -0.25) is 4.79 Å². The van der Waals surface area contributed by atoms with E-state index in [2.05, 4.69) is 27.8 Å². The number of rotatable bonds is 7. The molecule has 0 bridgehead atoms. The molecule has 0 fully saturated rings. The lowest BCUT2D eigenvalue weighted by atomic mass is 10.1. The Morgan fingerprint density at radius 3 is 2.67 bits per heavy atom. The number of anilines is 1. The molecule has 0 spiro atoms. The average molecular weight is 314 g/mol. The van der Waals surface area contributed by atoms with Crippen molar-refractivity contribution in [2.45, 2.75) is 26.7 Å². The molecule has 1 rings (SSSR count). The highest BCUT2D eigenvalue weighted by molar-refractivity contribution is 9.10. The maximum atomic E-state index is 11.7. The molecule has 0 unspecified atom stereocenters. The van der Waals surface area contributed by atoms with E-state index >= 15 is 0 Å². The Hall–Kier alpha value is -0.870. The van der Waals surface area contributed by atoms with E-state index in [1.807, 2.05) is 18.2 Å². The van der Waals surface area contributed by atoms with Crippen LogP contribution in [0.4, 0.5) is 5.69 Å². The number of carbonyl (C=O) groups is 1. The quantitative estimate of drug-likeness (QED) is 0.786. The van der Waals surface area contributed by atoms with E-state index in [4.69, 9.17) is 5.11 Å². The first-order valence-electron chi connectivity index (χ1n) is 6.26. The Bertz CT molecular complexity index is 407. The summed E-state index contributed by atoms with van der Waals surface area (Å²) in [6, 6.07) is 5.71. The van der Waals surface area contributed by atoms with Crippen LogP contribution in [0.5, 0.6) is 0 Å². The van der Waals surface area contributed by atoms with Crippen molar-refractivity contribution in [3.63, 3.8) is 0 Å². The van der Waals surface area contributed by atoms with Crippen molar-refractivity contribution >= 4 is 27.4 Å². The second-order valence-corrected chi connectivity index (χ2v) is 5.20. The van der Waals surface area contributed by atoms with Gasteiger partial charge >= 0.3 is 0 Å². The number of aliphatic hydroxyl groups excluding tert-OH is 1. The van der Waals surface area contributed by atoms with Crippen LogP contribution in [-0.4, -0.2) is 30.6 Å². The number of Topliss-reactive ketones (excluding diaryl/α,β-unsaturated/α-hetero) is 1. The van der Waals surface area contributed by atoms with E-state index in [9.17, 15) is 4.79 Å². The fourth-order valence-electron chi connectivity index (χ4n) is 1.89. The van der Waals surface area contributed by atoms with Gasteiger partial charge in [0.2, 0.25) is 0 Å². The number of aliphatic hydroxyl groups is 1. The monoisotopic (exact) mass is 313 g/mol. The van der Waals surface area contributed by atoms with Gasteiger partial charge in [0.15, 0.2) is 5.78 Å². The zero-order valence-electron chi connectivity index (χ0n) is 10.9. The van der Waals surface area contributed by atoms with Crippen molar-refractivity contribution in [2.24, 2.45) is 0 Å². The van der Waals surface area contributed by atoms with Crippen LogP contribution < -0.4 is 4.90 Å². The van der Waals surface area contributed by atoms with Crippen LogP contribution in [-0.2, 0) is 0 Å². The third-order valence-corrected chi connectivity index (χ3v) is 3.32. The van der Waals surface area contributed by atoms with Crippen LogP contribution in [0.25, 0.3) is 0 Å². The molecule has 0 heterocycles. The van der Waals surface area contributed by atoms with Crippen molar-refractivity contribution < 1.29 is 9.90 Å². The summed E-state index contributed by atoms with van der Waals surface area (Å²) < 4.78 is 0.899. The molecule has 0 aromatic heterocycles. The van der Waals surface area contributed by atoms with Gasteiger partial charge in [-0.05, 0) is 31.5 Å². The molecule has 3 nitrogen and oxygen atoms in total. The molecular formula is C14H20BrNO2. The van der Waals surface area contributed by atoms with Crippen LogP contribution >= 0.6 is 15.9 Å². The first-order valence-corrected chi connectivity index (χ1v) is 7.05. The summed E-state index contributed by atoms with van der Waals surface area (Å²) in [4.78, 5) is 13.8. The van der Waals surface area contributed by atoms with Crippen LogP contribution in [0, 0.1) is 0 Å². The molecule has 4 heteroatoms. The molecule has 0 aliphatic rings. The Balaban J connectivity index is 3.05. The fourth-order valence-corrected chi connectivity index (χ4v) is 2.25. The predicted octanol–water partition coefficient (Wildman–Crippen LogP) is 3.25. The van der Waals surface area contributed by atoms with Gasteiger partial charge in [-0.15, -0.1) is 0 Å². The molecule has 0 amide bonds. The third-order valence-electron chi connectivity index (χ3n) is 2.83. The molecule has 0 saturated carbocycles. The summed E-state index contributed by atoms with van der Waals surface area (Å²) in [5.74, 6) is 0.0470. The number of nitrogens with zero attached hydrogens (tertiary/aromatic N) is 1. The van der Waals surface area contributed by atoms with E-state index in [0.29, 0.717) is 12.1 Å². The minimum absolute atomic E-state index is 0.0470. The van der Waals surface area contributed by atoms with E-state index in [0.717, 1.165) is 29.5 Å². The van der Waals surface area contributed by atoms with Crippen molar-refractivity contribution in [1.29, 1.82) is 0 Å². The normalized spacial score (nSPS) is 10.4. The molecule has 1 aromatic carbocycles. The van der Waals surface area contributed by atoms with Gasteiger partial charge in [-0.2, -0.15) is 0 Å². The lowest BCUT2D eigenvalue weighted by Crippen LogP contribution is -2.29. The van der Waals surface area contributed by atoms with Gasteiger partial charge in [-0.25, -0.2) is 0 Å². The van der Waals surface area contributed by atoms with E-state index in [1.165, 1.54) is 0 Å². The second-order valence-electron chi connectivity index (χ2n) is 4.28. The van der Waals surface area contributed by atoms with Crippen LogP contribution in [0.1, 0.15) is 37.0 Å². The van der Waals surface area contributed by atoms with E-state index in [-0.39, 0.29) is 12.4 Å². The topological polar surface area (TPSA) is 40.5 Å². The number of carbonyl (C=O) groups excluding carboxylic acids is 1. The lowest BCUT2D eigenvalue weighted by Gasteiger charge is -2.26. The molecule has 100 valence electrons. The molecular weight excluding hydrogens is 294 g/mol. The number of halogens is 1. The van der Waals surface area contributed by atoms with Crippen LogP contribution in [0.3, 0.4) is 0 Å². The SMILES string of the molecule is CCCCN(CCO)c1ccc(Br)cc1C(C)=O. The first-order chi connectivity index (χ1) is 8.60. The molecule has 0 radical (unpaired) electrons. The molecule has 0 aliphatic carbocycles. The van der Waals surface area contributed by atoms with Crippen molar-refractivity contribution in [1.82, 2.24) is 0 Å². The molecule has 1 N–H and O–H groups in total. The zero-order chi connectivity index (χ0) is 13.5. The summed E-state index contributed by atoms with van der Waals surface area (Å²) in [6.07, 6.45) is 2.14. The Morgan fingerprint density at radius 2 is 2.11 bits per heavy atom. The number of ketones is 1. The van der Waals surface area contributed by atoms with Gasteiger partial charge in [-0.1, -0.05) is 29.3 Å². The first kappa shape index (κ1) is 15.2. The molecule has 0 atom stereocenters. The van der Waals surface area contributed by atoms with Crippen LogP contribution in [0.15, 0.2) is 22.7 Å². The number of hydrogen-bond donors (Lipinski definition) is 1. The Labute approximate surface area is 117 Å². The largest absolute Gasteiger partial charge is 0.395 e. The molecule has 0 saturated heterocycles. The van der Waals surface area contributed by atoms with Crippen molar-refractivity contribution in [3.05, 3.63) is 28.2 Å². The van der Waals surface area contributed by atoms with Crippen LogP contribution in [0.2, 0.25) is 0 Å². The maximum Gasteiger partial charge on any atom is 0.161 e. The molecule has 18 heavy (non-hydrogen) atoms. The lowest BCUT2D eigenvalue weighted by molar-refractivity contribution is 0.101. The van der Waals surface area contributed by atoms with Gasteiger partial charge in [0.05, 0.1) is 6.61 Å². The standard InChI is InChI=1S/C14H20BrNO2/c1-3-4-7-16(8-9-17)14-6-5-12(15)10-13(14)11(2)18/h5-6,10,17H,3-4,7-9H2,1-2H3. The third kappa shape index (κ3) is 4.10. The summed E-state index contributed by atoms with van der Waals surface area (Å²) >= 11 is 3.39. The number of benzene rings is 1. The van der Waals surface area contributed by atoms with Gasteiger partial charge in [0, 0.05) is 28.8 Å². The second kappa shape index (κ2) is 7.54. The highest BCUT2D eigenvalue weighted by Gasteiger charge is 2.13. The van der Waals surface area contributed by atoms with Gasteiger partial charge in [0.1, 0.15) is 0 Å². The van der Waals surface area contributed by atoms with Crippen molar-refractivity contribution in [3.8, 4) is 0 Å². The highest BCUT2D eigenvalue weighted by atomic mass is 79.9. The Kier molecular flexibility index (Phi) is 6.36. The summed E-state index contributed by atoms with van der Waals surface area (Å²) in [6.45, 7) is 5.21. The smallest absolute Gasteiger partial charge is 0.161 e. The molecule has 0 aliphatic heterocycles. The van der Waals surface area contributed by atoms with E-state index in [1.54, 1.807) is 6.92 Å².